The summed E-state index contributed by atoms with van der Waals surface area (Å²) in [6.07, 6.45) is 5.56. The third-order valence-corrected chi connectivity index (χ3v) is 4.43. The van der Waals surface area contributed by atoms with Crippen LogP contribution in [0.1, 0.15) is 22.0 Å². The molecule has 0 radical (unpaired) electrons. The molecule has 1 aliphatic rings. The van der Waals surface area contributed by atoms with Crippen molar-refractivity contribution >= 4 is 22.2 Å². The van der Waals surface area contributed by atoms with Crippen LogP contribution in [0.4, 0.5) is 0 Å². The molecule has 4 heterocycles. The molecule has 0 saturated carbocycles. The summed E-state index contributed by atoms with van der Waals surface area (Å²) in [5.74, 6) is 0.927. The fourth-order valence-corrected chi connectivity index (χ4v) is 3.28. The van der Waals surface area contributed by atoms with Crippen molar-refractivity contribution in [3.63, 3.8) is 0 Å². The molecule has 0 aliphatic carbocycles. The average molecular weight is 287 g/mol. The maximum atomic E-state index is 12.5. The zero-order valence-electron chi connectivity index (χ0n) is 11.0. The fourth-order valence-electron chi connectivity index (χ4n) is 2.58. The largest absolute Gasteiger partial charge is 0.329 e. The van der Waals surface area contributed by atoms with Gasteiger partial charge in [-0.1, -0.05) is 0 Å². The molecule has 3 aromatic rings. The Morgan fingerprint density at radius 3 is 3.15 bits per heavy atom. The molecule has 1 aliphatic heterocycles. The van der Waals surface area contributed by atoms with Gasteiger partial charge in [-0.05, 0) is 6.92 Å². The Bertz CT molecular complexity index is 770. The van der Waals surface area contributed by atoms with Crippen LogP contribution < -0.4 is 0 Å². The monoisotopic (exact) mass is 287 g/mol. The predicted octanol–water partition coefficient (Wildman–Crippen LogP) is 1.56. The first-order valence-corrected chi connectivity index (χ1v) is 7.33. The van der Waals surface area contributed by atoms with Gasteiger partial charge in [-0.15, -0.1) is 11.3 Å². The van der Waals surface area contributed by atoms with Gasteiger partial charge in [0.05, 0.1) is 6.54 Å². The van der Waals surface area contributed by atoms with Gasteiger partial charge in [-0.2, -0.15) is 0 Å². The van der Waals surface area contributed by atoms with Crippen LogP contribution in [0, 0.1) is 6.92 Å². The molecule has 1 amide bonds. The van der Waals surface area contributed by atoms with Gasteiger partial charge in [-0.3, -0.25) is 9.20 Å². The van der Waals surface area contributed by atoms with E-state index >= 15 is 0 Å². The summed E-state index contributed by atoms with van der Waals surface area (Å²) < 4.78 is 4.04. The number of aryl methyl sites for hydroxylation is 1. The number of imidazole rings is 2. The number of hydrogen-bond donors (Lipinski definition) is 0. The van der Waals surface area contributed by atoms with Gasteiger partial charge in [0.1, 0.15) is 11.5 Å². The second-order valence-corrected chi connectivity index (χ2v) is 5.79. The summed E-state index contributed by atoms with van der Waals surface area (Å²) in [4.78, 5) is 23.9. The van der Waals surface area contributed by atoms with Crippen LogP contribution in [-0.2, 0) is 13.1 Å². The Morgan fingerprint density at radius 1 is 1.40 bits per heavy atom. The Hall–Kier alpha value is -2.15. The molecule has 4 rings (SSSR count). The SMILES string of the molecule is Cc1cnc2n1CCN(C(=O)c1cn3ccsc3n1)C2. The van der Waals surface area contributed by atoms with Crippen molar-refractivity contribution < 1.29 is 4.79 Å². The maximum Gasteiger partial charge on any atom is 0.274 e. The lowest BCUT2D eigenvalue weighted by Gasteiger charge is -2.27. The van der Waals surface area contributed by atoms with Crippen molar-refractivity contribution in [1.82, 2.24) is 23.8 Å². The van der Waals surface area contributed by atoms with Gasteiger partial charge in [0.15, 0.2) is 4.96 Å². The third-order valence-electron chi connectivity index (χ3n) is 3.66. The second kappa shape index (κ2) is 4.17. The van der Waals surface area contributed by atoms with Gasteiger partial charge >= 0.3 is 0 Å². The van der Waals surface area contributed by atoms with Crippen LogP contribution in [0.5, 0.6) is 0 Å². The van der Waals surface area contributed by atoms with E-state index in [1.165, 1.54) is 11.3 Å². The van der Waals surface area contributed by atoms with Crippen molar-refractivity contribution in [2.75, 3.05) is 6.54 Å². The molecule has 0 unspecified atom stereocenters. The number of nitrogens with zero attached hydrogens (tertiary/aromatic N) is 5. The number of carbonyl (C=O) groups excluding carboxylic acids is 1. The molecule has 0 bridgehead atoms. The van der Waals surface area contributed by atoms with Crippen molar-refractivity contribution in [2.24, 2.45) is 0 Å². The Labute approximate surface area is 119 Å². The van der Waals surface area contributed by atoms with E-state index in [2.05, 4.69) is 14.5 Å². The van der Waals surface area contributed by atoms with Crippen LogP contribution in [0.25, 0.3) is 4.96 Å². The first-order chi connectivity index (χ1) is 9.72. The van der Waals surface area contributed by atoms with E-state index in [1.807, 2.05) is 34.0 Å². The van der Waals surface area contributed by atoms with Crippen LogP contribution >= 0.6 is 11.3 Å². The quantitative estimate of drug-likeness (QED) is 0.682. The minimum Gasteiger partial charge on any atom is -0.329 e. The minimum absolute atomic E-state index is 0.0206. The molecule has 20 heavy (non-hydrogen) atoms. The topological polar surface area (TPSA) is 55.4 Å². The van der Waals surface area contributed by atoms with E-state index in [0.29, 0.717) is 18.8 Å². The highest BCUT2D eigenvalue weighted by atomic mass is 32.1. The molecule has 102 valence electrons. The standard InChI is InChI=1S/C13H13N5OS/c1-9-6-14-11-8-16(2-3-18(9)11)12(19)10-7-17-4-5-20-13(17)15-10/h4-7H,2-3,8H2,1H3. The number of fused-ring (bicyclic) bond motifs is 2. The second-order valence-electron chi connectivity index (χ2n) is 4.91. The van der Waals surface area contributed by atoms with Crippen molar-refractivity contribution in [3.8, 4) is 0 Å². The molecule has 0 N–H and O–H groups in total. The molecule has 6 nitrogen and oxygen atoms in total. The zero-order valence-corrected chi connectivity index (χ0v) is 11.8. The summed E-state index contributed by atoms with van der Waals surface area (Å²) in [5, 5.41) is 1.96. The molecule has 0 atom stereocenters. The van der Waals surface area contributed by atoms with Gasteiger partial charge in [0, 0.05) is 42.8 Å². The zero-order chi connectivity index (χ0) is 13.7. The fraction of sp³-hybridized carbons (Fsp3) is 0.308. The van der Waals surface area contributed by atoms with Gasteiger partial charge in [-0.25, -0.2) is 9.97 Å². The van der Waals surface area contributed by atoms with Crippen LogP contribution in [-0.4, -0.2) is 36.3 Å². The first kappa shape index (κ1) is 11.7. The number of amides is 1. The molecule has 3 aromatic heterocycles. The first-order valence-electron chi connectivity index (χ1n) is 6.45. The van der Waals surface area contributed by atoms with Crippen molar-refractivity contribution in [2.45, 2.75) is 20.0 Å². The lowest BCUT2D eigenvalue weighted by atomic mass is 10.3. The normalized spacial score (nSPS) is 14.8. The summed E-state index contributed by atoms with van der Waals surface area (Å²) in [7, 11) is 0. The van der Waals surface area contributed by atoms with E-state index in [0.717, 1.165) is 23.0 Å². The molecular weight excluding hydrogens is 274 g/mol. The van der Waals surface area contributed by atoms with Crippen LogP contribution in [0.2, 0.25) is 0 Å². The lowest BCUT2D eigenvalue weighted by molar-refractivity contribution is 0.0701. The highest BCUT2D eigenvalue weighted by Crippen LogP contribution is 2.17. The number of rotatable bonds is 1. The van der Waals surface area contributed by atoms with Crippen LogP contribution in [0.3, 0.4) is 0 Å². The predicted molar refractivity (Wildman–Crippen MR) is 74.8 cm³/mol. The van der Waals surface area contributed by atoms with Gasteiger partial charge in [0.2, 0.25) is 0 Å². The lowest BCUT2D eigenvalue weighted by Crippen LogP contribution is -2.38. The van der Waals surface area contributed by atoms with Crippen molar-refractivity contribution in [3.05, 3.63) is 41.2 Å². The van der Waals surface area contributed by atoms with E-state index in [1.54, 1.807) is 6.20 Å². The number of thiazole rings is 1. The van der Waals surface area contributed by atoms with Crippen LogP contribution in [0.15, 0.2) is 24.0 Å². The smallest absolute Gasteiger partial charge is 0.274 e. The molecule has 0 fully saturated rings. The number of aromatic nitrogens is 4. The minimum atomic E-state index is -0.0206. The molecule has 0 spiro atoms. The number of carbonyl (C=O) groups is 1. The molecular formula is C13H13N5OS. The van der Waals surface area contributed by atoms with E-state index in [9.17, 15) is 4.79 Å². The van der Waals surface area contributed by atoms with Gasteiger partial charge < -0.3 is 9.47 Å². The highest BCUT2D eigenvalue weighted by molar-refractivity contribution is 7.15. The summed E-state index contributed by atoms with van der Waals surface area (Å²) in [6.45, 7) is 4.10. The van der Waals surface area contributed by atoms with E-state index in [-0.39, 0.29) is 5.91 Å². The third kappa shape index (κ3) is 1.66. The summed E-state index contributed by atoms with van der Waals surface area (Å²) >= 11 is 1.53. The Balaban J connectivity index is 1.62. The summed E-state index contributed by atoms with van der Waals surface area (Å²) in [5.41, 5.74) is 1.66. The highest BCUT2D eigenvalue weighted by Gasteiger charge is 2.25. The van der Waals surface area contributed by atoms with E-state index in [4.69, 9.17) is 0 Å². The van der Waals surface area contributed by atoms with Crippen molar-refractivity contribution in [1.29, 1.82) is 0 Å². The van der Waals surface area contributed by atoms with E-state index < -0.39 is 0 Å². The Morgan fingerprint density at radius 2 is 2.30 bits per heavy atom. The molecule has 0 aromatic carbocycles. The average Bonchev–Trinajstić information content (AvgIpc) is 3.12. The summed E-state index contributed by atoms with van der Waals surface area (Å²) in [6, 6.07) is 0. The molecule has 7 heteroatoms. The molecule has 0 saturated heterocycles. The van der Waals surface area contributed by atoms with Gasteiger partial charge in [0.25, 0.3) is 5.91 Å². The maximum absolute atomic E-state index is 12.5. The Kier molecular flexibility index (Phi) is 2.43. The number of hydrogen-bond acceptors (Lipinski definition) is 4.